The van der Waals surface area contributed by atoms with Crippen LogP contribution < -0.4 is 10.6 Å². The van der Waals surface area contributed by atoms with Gasteiger partial charge in [0.05, 0.1) is 0 Å². The van der Waals surface area contributed by atoms with Crippen LogP contribution in [0.5, 0.6) is 0 Å². The molecule has 0 bridgehead atoms. The summed E-state index contributed by atoms with van der Waals surface area (Å²) in [6.45, 7) is 1.99. The van der Waals surface area contributed by atoms with E-state index in [-0.39, 0.29) is 25.4 Å². The highest BCUT2D eigenvalue weighted by molar-refractivity contribution is 5.84. The Hall–Kier alpha value is -3.79. The summed E-state index contributed by atoms with van der Waals surface area (Å²) < 4.78 is 5.51. The maximum atomic E-state index is 12.4. The molecule has 1 aliphatic carbocycles. The third-order valence-corrected chi connectivity index (χ3v) is 5.55. The molecule has 1 aliphatic rings. The summed E-state index contributed by atoms with van der Waals surface area (Å²) in [5.41, 5.74) is 4.50. The Kier molecular flexibility index (Phi) is 7.50. The first-order valence-electron chi connectivity index (χ1n) is 10.5. The molecule has 0 heterocycles. The lowest BCUT2D eigenvalue weighted by Gasteiger charge is -2.19. The first-order valence-corrected chi connectivity index (χ1v) is 10.5. The van der Waals surface area contributed by atoms with Crippen LogP contribution in [0.1, 0.15) is 43.2 Å². The van der Waals surface area contributed by atoms with Crippen molar-refractivity contribution < 1.29 is 24.2 Å². The van der Waals surface area contributed by atoms with Crippen LogP contribution in [0.4, 0.5) is 4.79 Å². The van der Waals surface area contributed by atoms with Crippen LogP contribution in [-0.4, -0.2) is 41.8 Å². The van der Waals surface area contributed by atoms with Crippen molar-refractivity contribution in [3.63, 3.8) is 0 Å². The number of alkyl carbamates (subject to hydrolysis) is 1. The van der Waals surface area contributed by atoms with Crippen molar-refractivity contribution >= 4 is 18.0 Å². The molecule has 0 fully saturated rings. The van der Waals surface area contributed by atoms with E-state index in [0.29, 0.717) is 6.42 Å². The predicted molar refractivity (Wildman–Crippen MR) is 120 cm³/mol. The van der Waals surface area contributed by atoms with Crippen LogP contribution in [0.25, 0.3) is 11.1 Å². The van der Waals surface area contributed by atoms with Gasteiger partial charge in [-0.2, -0.15) is 0 Å². The van der Waals surface area contributed by atoms with E-state index in [1.54, 1.807) is 0 Å². The van der Waals surface area contributed by atoms with Crippen molar-refractivity contribution in [3.8, 4) is 23.5 Å². The Balaban J connectivity index is 1.57. The van der Waals surface area contributed by atoms with Crippen molar-refractivity contribution in [1.29, 1.82) is 0 Å². The van der Waals surface area contributed by atoms with Gasteiger partial charge in [0, 0.05) is 24.8 Å². The van der Waals surface area contributed by atoms with E-state index in [1.165, 1.54) is 0 Å². The van der Waals surface area contributed by atoms with Gasteiger partial charge in [-0.15, -0.1) is 12.3 Å². The number of rotatable bonds is 9. The molecule has 3 N–H and O–H groups in total. The monoisotopic (exact) mass is 434 g/mol. The minimum atomic E-state index is -1.20. The van der Waals surface area contributed by atoms with Crippen molar-refractivity contribution in [2.24, 2.45) is 0 Å². The molecule has 2 atom stereocenters. The van der Waals surface area contributed by atoms with Crippen molar-refractivity contribution in [1.82, 2.24) is 10.6 Å². The Bertz CT molecular complexity index is 997. The number of carboxylic acids is 1. The van der Waals surface area contributed by atoms with Gasteiger partial charge in [-0.3, -0.25) is 4.79 Å². The number of benzene rings is 2. The Morgan fingerprint density at radius 3 is 2.19 bits per heavy atom. The lowest BCUT2D eigenvalue weighted by molar-refractivity contribution is -0.141. The van der Waals surface area contributed by atoms with Crippen LogP contribution in [0.2, 0.25) is 0 Å². The summed E-state index contributed by atoms with van der Waals surface area (Å²) in [6.07, 6.45) is 4.81. The number of amides is 2. The van der Waals surface area contributed by atoms with Gasteiger partial charge in [0.2, 0.25) is 5.91 Å². The molecule has 0 saturated carbocycles. The second-order valence-corrected chi connectivity index (χ2v) is 7.65. The minimum Gasteiger partial charge on any atom is -0.480 e. The number of carbonyl (C=O) groups is 3. The number of carbonyl (C=O) groups excluding carboxylic acids is 2. The molecule has 2 aromatic carbocycles. The van der Waals surface area contributed by atoms with E-state index in [9.17, 15) is 14.4 Å². The normalized spacial score (nSPS) is 13.8. The topological polar surface area (TPSA) is 105 Å². The number of aliphatic carboxylic acids is 1. The van der Waals surface area contributed by atoms with E-state index in [1.807, 2.05) is 43.3 Å². The molecule has 7 nitrogen and oxygen atoms in total. The van der Waals surface area contributed by atoms with Crippen molar-refractivity contribution in [2.75, 3.05) is 6.61 Å². The first-order chi connectivity index (χ1) is 15.4. The molecule has 0 spiro atoms. The average Bonchev–Trinajstić information content (AvgIpc) is 3.10. The molecule has 3 rings (SSSR count). The molecule has 0 saturated heterocycles. The van der Waals surface area contributed by atoms with E-state index < -0.39 is 30.1 Å². The minimum absolute atomic E-state index is 0.0587. The van der Waals surface area contributed by atoms with Crippen LogP contribution in [0, 0.1) is 12.3 Å². The molecule has 2 unspecified atom stereocenters. The summed E-state index contributed by atoms with van der Waals surface area (Å²) >= 11 is 0. The smallest absolute Gasteiger partial charge is 0.407 e. The molecule has 7 heteroatoms. The summed E-state index contributed by atoms with van der Waals surface area (Å²) in [6, 6.07) is 14.5. The van der Waals surface area contributed by atoms with Crippen LogP contribution >= 0.6 is 0 Å². The summed E-state index contributed by atoms with van der Waals surface area (Å²) in [4.78, 5) is 35.8. The number of terminal acetylenes is 1. The molecular formula is C25H26N2O5. The average molecular weight is 434 g/mol. The number of hydrogen-bond acceptors (Lipinski definition) is 4. The summed E-state index contributed by atoms with van der Waals surface area (Å²) in [5, 5.41) is 14.2. The number of fused-ring (bicyclic) bond motifs is 3. The van der Waals surface area contributed by atoms with Crippen LogP contribution in [-0.2, 0) is 14.3 Å². The van der Waals surface area contributed by atoms with Gasteiger partial charge < -0.3 is 20.5 Å². The van der Waals surface area contributed by atoms with Gasteiger partial charge in [0.15, 0.2) is 0 Å². The zero-order valence-electron chi connectivity index (χ0n) is 17.8. The van der Waals surface area contributed by atoms with Crippen LogP contribution in [0.15, 0.2) is 48.5 Å². The maximum absolute atomic E-state index is 12.4. The highest BCUT2D eigenvalue weighted by Crippen LogP contribution is 2.44. The van der Waals surface area contributed by atoms with E-state index >= 15 is 0 Å². The van der Waals surface area contributed by atoms with Gasteiger partial charge in [-0.1, -0.05) is 55.5 Å². The van der Waals surface area contributed by atoms with E-state index in [2.05, 4.69) is 28.7 Å². The molecule has 0 aromatic heterocycles. The molecule has 32 heavy (non-hydrogen) atoms. The Morgan fingerprint density at radius 1 is 1.06 bits per heavy atom. The van der Waals surface area contributed by atoms with Gasteiger partial charge in [-0.25, -0.2) is 9.59 Å². The molecular weight excluding hydrogens is 408 g/mol. The molecule has 0 aliphatic heterocycles. The quantitative estimate of drug-likeness (QED) is 0.526. The lowest BCUT2D eigenvalue weighted by Crippen LogP contribution is -2.44. The van der Waals surface area contributed by atoms with Gasteiger partial charge >= 0.3 is 12.1 Å². The highest BCUT2D eigenvalue weighted by Gasteiger charge is 2.29. The number of ether oxygens (including phenoxy) is 1. The van der Waals surface area contributed by atoms with E-state index in [4.69, 9.17) is 16.3 Å². The third kappa shape index (κ3) is 5.27. The SMILES string of the molecule is C#CCC(NC(=O)CC(CC)NC(=O)OCC1c2ccccc2-c2ccccc21)C(=O)O. The summed E-state index contributed by atoms with van der Waals surface area (Å²) in [5.74, 6) is 0.466. The number of nitrogens with one attached hydrogen (secondary N) is 2. The molecule has 0 radical (unpaired) electrons. The zero-order valence-corrected chi connectivity index (χ0v) is 17.8. The predicted octanol–water partition coefficient (Wildman–Crippen LogP) is 3.29. The molecule has 2 amide bonds. The fourth-order valence-corrected chi connectivity index (χ4v) is 3.90. The van der Waals surface area contributed by atoms with Gasteiger partial charge in [-0.05, 0) is 28.7 Å². The van der Waals surface area contributed by atoms with Gasteiger partial charge in [0.25, 0.3) is 0 Å². The second kappa shape index (κ2) is 10.5. The van der Waals surface area contributed by atoms with Crippen molar-refractivity contribution in [2.45, 2.75) is 44.2 Å². The van der Waals surface area contributed by atoms with Crippen molar-refractivity contribution in [3.05, 3.63) is 59.7 Å². The largest absolute Gasteiger partial charge is 0.480 e. The number of carboxylic acid groups (broad SMARTS) is 1. The van der Waals surface area contributed by atoms with E-state index in [0.717, 1.165) is 22.3 Å². The standard InChI is InChI=1S/C25H26N2O5/c1-3-9-22(24(29)30)27-23(28)14-16(4-2)26-25(31)32-15-21-19-12-7-5-10-17(19)18-11-6-8-13-20(18)21/h1,5-8,10-13,16,21-22H,4,9,14-15H2,2H3,(H,26,31)(H,27,28)(H,29,30). The first kappa shape index (κ1) is 22.9. The fraction of sp³-hybridized carbons (Fsp3) is 0.320. The fourth-order valence-electron chi connectivity index (χ4n) is 3.90. The zero-order chi connectivity index (χ0) is 23.1. The maximum Gasteiger partial charge on any atom is 0.407 e. The number of hydrogen-bond donors (Lipinski definition) is 3. The second-order valence-electron chi connectivity index (χ2n) is 7.65. The van der Waals surface area contributed by atoms with Gasteiger partial charge in [0.1, 0.15) is 12.6 Å². The molecule has 166 valence electrons. The summed E-state index contributed by atoms with van der Waals surface area (Å²) in [7, 11) is 0. The Labute approximate surface area is 187 Å². The van der Waals surface area contributed by atoms with Crippen LogP contribution in [0.3, 0.4) is 0 Å². The highest BCUT2D eigenvalue weighted by atomic mass is 16.5. The Morgan fingerprint density at radius 2 is 1.66 bits per heavy atom. The molecule has 2 aromatic rings. The lowest BCUT2D eigenvalue weighted by atomic mass is 9.98. The third-order valence-electron chi connectivity index (χ3n) is 5.55.